The number of carbonyl (C=O) groups is 2. The zero-order valence-electron chi connectivity index (χ0n) is 14.8. The molecule has 1 heterocycles. The number of fused-ring (bicyclic) bond motifs is 3. The number of rotatable bonds is 4. The molecule has 0 spiro atoms. The summed E-state index contributed by atoms with van der Waals surface area (Å²) in [6, 6.07) is 16.1. The van der Waals surface area contributed by atoms with Crippen LogP contribution in [0.25, 0.3) is 11.1 Å². The van der Waals surface area contributed by atoms with Crippen LogP contribution >= 0.6 is 23.6 Å². The summed E-state index contributed by atoms with van der Waals surface area (Å²) in [6.07, 6.45) is -0.715. The molecule has 0 unspecified atom stereocenters. The van der Waals surface area contributed by atoms with Crippen LogP contribution in [0.5, 0.6) is 0 Å². The Balaban J connectivity index is 1.54. The summed E-state index contributed by atoms with van der Waals surface area (Å²) in [5.41, 5.74) is 4.49. The number of hydrogen-bond acceptors (Lipinski definition) is 5. The second kappa shape index (κ2) is 7.21. The summed E-state index contributed by atoms with van der Waals surface area (Å²) >= 11 is 6.02. The summed E-state index contributed by atoms with van der Waals surface area (Å²) in [5.74, 6) is -1.09. The highest BCUT2D eigenvalue weighted by Gasteiger charge is 2.29. The van der Waals surface area contributed by atoms with Crippen LogP contribution in [0, 0.1) is 3.95 Å². The van der Waals surface area contributed by atoms with Gasteiger partial charge in [0.05, 0.1) is 0 Å². The van der Waals surface area contributed by atoms with Gasteiger partial charge in [0.15, 0.2) is 8.83 Å². The van der Waals surface area contributed by atoms with Gasteiger partial charge in [-0.25, -0.2) is 9.59 Å². The first-order valence-corrected chi connectivity index (χ1v) is 9.75. The molecule has 3 aromatic rings. The molecule has 8 heteroatoms. The molecule has 1 aliphatic carbocycles. The third kappa shape index (κ3) is 3.10. The number of nitrogens with zero attached hydrogens (tertiary/aromatic N) is 1. The zero-order valence-corrected chi connectivity index (χ0v) is 16.5. The van der Waals surface area contributed by atoms with Gasteiger partial charge in [-0.3, -0.25) is 5.32 Å². The molecule has 0 saturated heterocycles. The number of hydrogen-bond donors (Lipinski definition) is 2. The molecule has 2 aromatic carbocycles. The summed E-state index contributed by atoms with van der Waals surface area (Å²) in [7, 11) is 1.60. The van der Waals surface area contributed by atoms with Crippen LogP contribution in [0.15, 0.2) is 48.5 Å². The first-order valence-electron chi connectivity index (χ1n) is 8.52. The fourth-order valence-corrected chi connectivity index (χ4v) is 4.58. The second-order valence-corrected chi connectivity index (χ2v) is 8.00. The van der Waals surface area contributed by atoms with E-state index in [-0.39, 0.29) is 23.2 Å². The molecule has 4 rings (SSSR count). The van der Waals surface area contributed by atoms with Gasteiger partial charge in [0.2, 0.25) is 0 Å². The Hall–Kier alpha value is -2.97. The van der Waals surface area contributed by atoms with E-state index in [2.05, 4.69) is 17.4 Å². The van der Waals surface area contributed by atoms with Crippen LogP contribution in [0.4, 0.5) is 10.6 Å². The number of carbonyl (C=O) groups excluding carboxylic acids is 1. The first kappa shape index (κ1) is 18.4. The molecular weight excluding hydrogens is 396 g/mol. The smallest absolute Gasteiger partial charge is 0.412 e. The van der Waals surface area contributed by atoms with Crippen LogP contribution in [0.1, 0.15) is 26.7 Å². The van der Waals surface area contributed by atoms with Crippen LogP contribution < -0.4 is 5.32 Å². The summed E-state index contributed by atoms with van der Waals surface area (Å²) in [6.45, 7) is 0.150. The van der Waals surface area contributed by atoms with Crippen molar-refractivity contribution in [3.05, 3.63) is 68.5 Å². The molecular formula is C20H16N2O4S2. The van der Waals surface area contributed by atoms with Crippen molar-refractivity contribution in [1.82, 2.24) is 4.57 Å². The number of benzene rings is 2. The van der Waals surface area contributed by atoms with E-state index in [9.17, 15) is 14.7 Å². The highest BCUT2D eigenvalue weighted by atomic mass is 32.1. The molecule has 0 aliphatic heterocycles. The summed E-state index contributed by atoms with van der Waals surface area (Å²) in [5, 5.41) is 11.8. The fourth-order valence-electron chi connectivity index (χ4n) is 3.46. The molecule has 1 amide bonds. The molecule has 0 atom stereocenters. The number of carboxylic acids is 1. The molecule has 28 heavy (non-hydrogen) atoms. The average molecular weight is 412 g/mol. The van der Waals surface area contributed by atoms with Crippen LogP contribution in [-0.4, -0.2) is 28.3 Å². The lowest BCUT2D eigenvalue weighted by Crippen LogP contribution is -2.20. The van der Waals surface area contributed by atoms with Crippen molar-refractivity contribution in [3.63, 3.8) is 0 Å². The molecule has 2 N–H and O–H groups in total. The van der Waals surface area contributed by atoms with E-state index in [0.717, 1.165) is 33.6 Å². The Morgan fingerprint density at radius 1 is 1.14 bits per heavy atom. The first-order chi connectivity index (χ1) is 13.5. The fraction of sp³-hybridized carbons (Fsp3) is 0.150. The van der Waals surface area contributed by atoms with Gasteiger partial charge in [-0.05, 0) is 34.5 Å². The number of nitrogens with one attached hydrogen (secondary N) is 1. The van der Waals surface area contributed by atoms with Crippen LogP contribution in [0.3, 0.4) is 0 Å². The van der Waals surface area contributed by atoms with E-state index in [1.807, 2.05) is 36.4 Å². The van der Waals surface area contributed by atoms with Crippen molar-refractivity contribution in [2.24, 2.45) is 7.05 Å². The van der Waals surface area contributed by atoms with Gasteiger partial charge in [0, 0.05) is 13.0 Å². The summed E-state index contributed by atoms with van der Waals surface area (Å²) in [4.78, 5) is 23.7. The number of ether oxygens (including phenoxy) is 1. The third-order valence-electron chi connectivity index (χ3n) is 4.77. The van der Waals surface area contributed by atoms with Gasteiger partial charge in [0.1, 0.15) is 12.4 Å². The molecule has 6 nitrogen and oxygen atoms in total. The monoisotopic (exact) mass is 412 g/mol. The minimum atomic E-state index is -1.15. The Kier molecular flexibility index (Phi) is 4.74. The highest BCUT2D eigenvalue weighted by molar-refractivity contribution is 7.73. The molecule has 0 saturated carbocycles. The molecule has 1 aromatic heterocycles. The zero-order chi connectivity index (χ0) is 19.8. The lowest BCUT2D eigenvalue weighted by atomic mass is 9.98. The number of amides is 1. The van der Waals surface area contributed by atoms with Crippen molar-refractivity contribution >= 4 is 41.4 Å². The van der Waals surface area contributed by atoms with Crippen molar-refractivity contribution in [3.8, 4) is 11.1 Å². The Labute approximate surface area is 170 Å². The van der Waals surface area contributed by atoms with Gasteiger partial charge in [-0.15, -0.1) is 0 Å². The molecule has 1 aliphatic rings. The van der Waals surface area contributed by atoms with E-state index >= 15 is 0 Å². The van der Waals surface area contributed by atoms with Crippen LogP contribution in [0.2, 0.25) is 0 Å². The Bertz CT molecular complexity index is 1100. The van der Waals surface area contributed by atoms with Gasteiger partial charge >= 0.3 is 12.1 Å². The van der Waals surface area contributed by atoms with E-state index in [4.69, 9.17) is 17.0 Å². The van der Waals surface area contributed by atoms with Crippen molar-refractivity contribution in [1.29, 1.82) is 0 Å². The second-order valence-electron chi connectivity index (χ2n) is 6.36. The highest BCUT2D eigenvalue weighted by Crippen LogP contribution is 2.44. The molecule has 0 bridgehead atoms. The quantitative estimate of drug-likeness (QED) is 0.597. The van der Waals surface area contributed by atoms with Gasteiger partial charge in [-0.2, -0.15) is 0 Å². The van der Waals surface area contributed by atoms with E-state index < -0.39 is 12.1 Å². The number of thiazole rings is 1. The lowest BCUT2D eigenvalue weighted by molar-refractivity contribution is 0.0702. The number of aromatic carboxylic acids is 1. The van der Waals surface area contributed by atoms with E-state index in [0.29, 0.717) is 3.95 Å². The Morgan fingerprint density at radius 2 is 1.71 bits per heavy atom. The van der Waals surface area contributed by atoms with Gasteiger partial charge in [0.25, 0.3) is 0 Å². The average Bonchev–Trinajstić information content (AvgIpc) is 3.16. The Morgan fingerprint density at radius 3 is 2.29 bits per heavy atom. The predicted octanol–water partition coefficient (Wildman–Crippen LogP) is 4.88. The maximum Gasteiger partial charge on any atom is 0.412 e. The molecule has 0 fully saturated rings. The third-order valence-corrected chi connectivity index (χ3v) is 6.32. The SMILES string of the molecule is Cn1c(NC(=O)OCC2c3ccccc3-c3ccccc32)c(C(=O)O)sc1=S. The van der Waals surface area contributed by atoms with Gasteiger partial charge in [-0.1, -0.05) is 59.9 Å². The van der Waals surface area contributed by atoms with E-state index in [1.165, 1.54) is 4.57 Å². The van der Waals surface area contributed by atoms with E-state index in [1.54, 1.807) is 7.05 Å². The number of aromatic nitrogens is 1. The van der Waals surface area contributed by atoms with Crippen molar-refractivity contribution in [2.45, 2.75) is 5.92 Å². The largest absolute Gasteiger partial charge is 0.477 e. The predicted molar refractivity (Wildman–Crippen MR) is 110 cm³/mol. The number of carboxylic acid groups (broad SMARTS) is 1. The lowest BCUT2D eigenvalue weighted by Gasteiger charge is -2.15. The maximum atomic E-state index is 12.4. The normalized spacial score (nSPS) is 12.3. The molecule has 0 radical (unpaired) electrons. The van der Waals surface area contributed by atoms with Crippen molar-refractivity contribution in [2.75, 3.05) is 11.9 Å². The van der Waals surface area contributed by atoms with Gasteiger partial charge < -0.3 is 14.4 Å². The number of anilines is 1. The minimum Gasteiger partial charge on any atom is -0.477 e. The van der Waals surface area contributed by atoms with Crippen molar-refractivity contribution < 1.29 is 19.4 Å². The topological polar surface area (TPSA) is 80.6 Å². The standard InChI is InChI=1S/C20H16N2O4S2/c1-22-17(16(18(23)24)28-20(22)27)21-19(25)26-10-15-13-8-4-2-6-11(13)12-7-3-5-9-14(12)15/h2-9,15H,10H2,1H3,(H,21,25)(H,23,24). The molecule has 142 valence electrons. The minimum absolute atomic E-state index is 0.0268. The van der Waals surface area contributed by atoms with Crippen LogP contribution in [-0.2, 0) is 11.8 Å². The summed E-state index contributed by atoms with van der Waals surface area (Å²) < 4.78 is 7.26. The maximum absolute atomic E-state index is 12.4.